The predicted octanol–water partition coefficient (Wildman–Crippen LogP) is -0.253. The van der Waals surface area contributed by atoms with Crippen LogP contribution < -0.4 is 16.9 Å². The molecule has 0 spiro atoms. The number of rotatable bonds is 3. The molecule has 1 fully saturated rings. The Morgan fingerprint density at radius 1 is 1.45 bits per heavy atom. The first-order valence-corrected chi connectivity index (χ1v) is 6.78. The molecule has 2 aromatic heterocycles. The number of aromatic amines is 1. The van der Waals surface area contributed by atoms with Crippen molar-refractivity contribution in [1.82, 2.24) is 9.55 Å². The van der Waals surface area contributed by atoms with Gasteiger partial charge in [0.1, 0.15) is 13.2 Å². The zero-order valence-corrected chi connectivity index (χ0v) is 11.4. The summed E-state index contributed by atoms with van der Waals surface area (Å²) < 4.78 is 6.18. The molecule has 2 aromatic rings. The average molecular weight is 274 g/mol. The van der Waals surface area contributed by atoms with E-state index in [1.165, 1.54) is 10.6 Å². The van der Waals surface area contributed by atoms with Crippen molar-refractivity contribution >= 4 is 18.9 Å². The van der Waals surface area contributed by atoms with Gasteiger partial charge in [-0.05, 0) is 30.1 Å². The van der Waals surface area contributed by atoms with E-state index in [9.17, 15) is 14.4 Å². The molecule has 3 rings (SSSR count). The Morgan fingerprint density at radius 3 is 2.75 bits per heavy atom. The molecule has 0 amide bonds. The minimum absolute atomic E-state index is 0.00502. The van der Waals surface area contributed by atoms with E-state index in [2.05, 4.69) is 4.98 Å². The standard InChI is InChI=1S/C13H15BN2O4/c1-6(14)8-4-9(17)20-11-10(8)12(18)16(13(19)15-11)5-7-2-3-7/h4,6-7H,2-3,5,14H2,1H3,(H,15,19). The van der Waals surface area contributed by atoms with Crippen LogP contribution in [0.3, 0.4) is 0 Å². The van der Waals surface area contributed by atoms with Crippen LogP contribution in [0.15, 0.2) is 24.9 Å². The van der Waals surface area contributed by atoms with Crippen molar-refractivity contribution in [2.24, 2.45) is 5.92 Å². The lowest BCUT2D eigenvalue weighted by atomic mass is 9.82. The predicted molar refractivity (Wildman–Crippen MR) is 77.0 cm³/mol. The molecular weight excluding hydrogens is 259 g/mol. The summed E-state index contributed by atoms with van der Waals surface area (Å²) in [4.78, 5) is 38.5. The van der Waals surface area contributed by atoms with Gasteiger partial charge in [-0.3, -0.25) is 14.3 Å². The number of H-pyrrole nitrogens is 1. The van der Waals surface area contributed by atoms with Crippen LogP contribution in [0.25, 0.3) is 11.1 Å². The van der Waals surface area contributed by atoms with Crippen LogP contribution in [0, 0.1) is 5.92 Å². The van der Waals surface area contributed by atoms with Gasteiger partial charge in [0.05, 0.1) is 0 Å². The van der Waals surface area contributed by atoms with Gasteiger partial charge in [0, 0.05) is 12.6 Å². The van der Waals surface area contributed by atoms with Crippen LogP contribution in [-0.4, -0.2) is 17.4 Å². The Hall–Kier alpha value is -2.05. The van der Waals surface area contributed by atoms with Gasteiger partial charge >= 0.3 is 11.3 Å². The fraction of sp³-hybridized carbons (Fsp3) is 0.462. The molecule has 1 unspecified atom stereocenters. The van der Waals surface area contributed by atoms with Crippen molar-refractivity contribution in [3.8, 4) is 0 Å². The molecule has 1 aliphatic carbocycles. The Bertz CT molecular complexity index is 842. The van der Waals surface area contributed by atoms with Gasteiger partial charge in [0.2, 0.25) is 5.71 Å². The van der Waals surface area contributed by atoms with Gasteiger partial charge in [-0.1, -0.05) is 6.92 Å². The summed E-state index contributed by atoms with van der Waals surface area (Å²) in [6.07, 6.45) is 2.09. The van der Waals surface area contributed by atoms with Crippen LogP contribution in [0.1, 0.15) is 31.1 Å². The second kappa shape index (κ2) is 4.50. The fourth-order valence-corrected chi connectivity index (χ4v) is 2.39. The fourth-order valence-electron chi connectivity index (χ4n) is 2.39. The maximum atomic E-state index is 12.5. The minimum atomic E-state index is -0.559. The third-order valence-electron chi connectivity index (χ3n) is 3.68. The lowest BCUT2D eigenvalue weighted by Gasteiger charge is -2.10. The molecule has 0 radical (unpaired) electrons. The van der Waals surface area contributed by atoms with Gasteiger partial charge in [-0.15, -0.1) is 0 Å². The van der Waals surface area contributed by atoms with Crippen molar-refractivity contribution in [2.75, 3.05) is 0 Å². The summed E-state index contributed by atoms with van der Waals surface area (Å²) in [5, 5.41) is 0.305. The average Bonchev–Trinajstić information content (AvgIpc) is 3.16. The molecule has 1 aliphatic rings. The first-order chi connectivity index (χ1) is 9.47. The largest absolute Gasteiger partial charge is 0.405 e. The Morgan fingerprint density at radius 2 is 2.15 bits per heavy atom. The third kappa shape index (κ3) is 2.13. The highest BCUT2D eigenvalue weighted by atomic mass is 16.4. The lowest BCUT2D eigenvalue weighted by molar-refractivity contribution is 0.528. The maximum Gasteiger partial charge on any atom is 0.337 e. The first kappa shape index (κ1) is 13.0. The quantitative estimate of drug-likeness (QED) is 0.782. The molecule has 1 N–H and O–H groups in total. The van der Waals surface area contributed by atoms with E-state index < -0.39 is 11.3 Å². The first-order valence-electron chi connectivity index (χ1n) is 6.78. The van der Waals surface area contributed by atoms with Gasteiger partial charge in [-0.2, -0.15) is 0 Å². The highest BCUT2D eigenvalue weighted by molar-refractivity contribution is 6.13. The number of fused-ring (bicyclic) bond motifs is 1. The Kier molecular flexibility index (Phi) is 2.92. The molecule has 0 aliphatic heterocycles. The Balaban J connectivity index is 2.37. The van der Waals surface area contributed by atoms with E-state index in [4.69, 9.17) is 4.42 Å². The van der Waals surface area contributed by atoms with Crippen LogP contribution in [-0.2, 0) is 6.54 Å². The van der Waals surface area contributed by atoms with Gasteiger partial charge < -0.3 is 4.42 Å². The third-order valence-corrected chi connectivity index (χ3v) is 3.68. The zero-order valence-electron chi connectivity index (χ0n) is 11.4. The van der Waals surface area contributed by atoms with Gasteiger partial charge in [0.25, 0.3) is 5.56 Å². The summed E-state index contributed by atoms with van der Waals surface area (Å²) in [7, 11) is 1.89. The molecule has 7 heteroatoms. The zero-order chi connectivity index (χ0) is 14.4. The molecular formula is C13H15BN2O4. The molecule has 1 saturated carbocycles. The van der Waals surface area contributed by atoms with Crippen molar-refractivity contribution in [3.05, 3.63) is 42.9 Å². The van der Waals surface area contributed by atoms with Crippen LogP contribution >= 0.6 is 0 Å². The van der Waals surface area contributed by atoms with Crippen LogP contribution in [0.2, 0.25) is 0 Å². The highest BCUT2D eigenvalue weighted by Gasteiger charge is 2.24. The number of aromatic nitrogens is 2. The van der Waals surface area contributed by atoms with E-state index in [1.807, 2.05) is 14.8 Å². The normalized spacial score (nSPS) is 16.4. The van der Waals surface area contributed by atoms with Crippen LogP contribution in [0.5, 0.6) is 0 Å². The molecule has 0 saturated heterocycles. The summed E-state index contributed by atoms with van der Waals surface area (Å²) in [6.45, 7) is 2.32. The molecule has 0 aromatic carbocycles. The van der Waals surface area contributed by atoms with Crippen molar-refractivity contribution in [1.29, 1.82) is 0 Å². The van der Waals surface area contributed by atoms with E-state index in [0.717, 1.165) is 12.8 Å². The molecule has 0 bridgehead atoms. The molecule has 104 valence electrons. The number of hydrogen-bond donors (Lipinski definition) is 1. The molecule has 20 heavy (non-hydrogen) atoms. The smallest absolute Gasteiger partial charge is 0.337 e. The monoisotopic (exact) mass is 274 g/mol. The van der Waals surface area contributed by atoms with Crippen molar-refractivity contribution in [3.63, 3.8) is 0 Å². The van der Waals surface area contributed by atoms with Crippen molar-refractivity contribution in [2.45, 2.75) is 32.1 Å². The molecule has 6 nitrogen and oxygen atoms in total. The Labute approximate surface area is 114 Å². The number of nitrogens with zero attached hydrogens (tertiary/aromatic N) is 1. The summed E-state index contributed by atoms with van der Waals surface area (Å²) in [5.74, 6) is 0.402. The second-order valence-electron chi connectivity index (χ2n) is 5.67. The lowest BCUT2D eigenvalue weighted by Crippen LogP contribution is -2.36. The van der Waals surface area contributed by atoms with Gasteiger partial charge in [0.15, 0.2) is 0 Å². The van der Waals surface area contributed by atoms with E-state index >= 15 is 0 Å². The second-order valence-corrected chi connectivity index (χ2v) is 5.67. The van der Waals surface area contributed by atoms with Crippen LogP contribution in [0.4, 0.5) is 0 Å². The summed E-state index contributed by atoms with van der Waals surface area (Å²) >= 11 is 0. The summed E-state index contributed by atoms with van der Waals surface area (Å²) in [5.41, 5.74) is -0.858. The molecule has 1 atom stereocenters. The van der Waals surface area contributed by atoms with E-state index in [1.54, 1.807) is 0 Å². The van der Waals surface area contributed by atoms with E-state index in [-0.39, 0.29) is 17.1 Å². The highest BCUT2D eigenvalue weighted by Crippen LogP contribution is 2.29. The maximum absolute atomic E-state index is 12.5. The van der Waals surface area contributed by atoms with Gasteiger partial charge in [-0.25, -0.2) is 9.59 Å². The van der Waals surface area contributed by atoms with Crippen molar-refractivity contribution < 1.29 is 4.42 Å². The summed E-state index contributed by atoms with van der Waals surface area (Å²) in [6, 6.07) is 1.33. The topological polar surface area (TPSA) is 85.1 Å². The number of hydrogen-bond acceptors (Lipinski definition) is 4. The molecule has 2 heterocycles. The SMILES string of the molecule is BC(C)c1cc(=O)oc2[nH]c(=O)n(CC3CC3)c(=O)c12. The van der Waals surface area contributed by atoms with E-state index in [0.29, 0.717) is 23.4 Å². The number of nitrogens with one attached hydrogen (secondary N) is 1. The minimum Gasteiger partial charge on any atom is -0.405 e.